The highest BCUT2D eigenvalue weighted by Crippen LogP contribution is 2.41. The number of carbonyl (C=O) groups excluding carboxylic acids is 2. The van der Waals surface area contributed by atoms with Gasteiger partial charge in [0.1, 0.15) is 4.83 Å². The van der Waals surface area contributed by atoms with Crippen molar-refractivity contribution < 1.29 is 18.4 Å². The van der Waals surface area contributed by atoms with E-state index < -0.39 is 11.8 Å². The van der Waals surface area contributed by atoms with E-state index in [9.17, 15) is 18.4 Å². The monoisotopic (exact) mass is 514 g/mol. The lowest BCUT2D eigenvalue weighted by Gasteiger charge is -2.31. The van der Waals surface area contributed by atoms with Crippen LogP contribution in [0.1, 0.15) is 28.9 Å². The highest BCUT2D eigenvalue weighted by atomic mass is 32.1. The zero-order valence-corrected chi connectivity index (χ0v) is 20.5. The number of amides is 2. The maximum absolute atomic E-state index is 13.4. The van der Waals surface area contributed by atoms with E-state index >= 15 is 0 Å². The molecule has 0 aliphatic carbocycles. The van der Waals surface area contributed by atoms with Gasteiger partial charge >= 0.3 is 0 Å². The number of likely N-dealkylation sites (tertiary alicyclic amines) is 1. The molecule has 36 heavy (non-hydrogen) atoms. The van der Waals surface area contributed by atoms with Crippen LogP contribution in [-0.4, -0.2) is 66.6 Å². The number of fused-ring (bicyclic) bond motifs is 1. The topological polar surface area (TPSA) is 123 Å². The number of piperidine rings is 1. The minimum atomic E-state index is -2.67. The molecule has 0 bridgehead atoms. The SMILES string of the molecule is Cc1ncc(NC(=O)CN2CCC(F)(F)CC2)cc1-c1c(-c2cnn(C)c2)sc2c(C(N)=O)cnn12. The first-order valence-corrected chi connectivity index (χ1v) is 12.1. The molecule has 0 spiro atoms. The third-order valence-electron chi connectivity index (χ3n) is 6.16. The Labute approximate surface area is 208 Å². The Morgan fingerprint density at radius 1 is 1.19 bits per heavy atom. The van der Waals surface area contributed by atoms with Crippen LogP contribution < -0.4 is 11.1 Å². The molecule has 188 valence electrons. The molecule has 4 aromatic heterocycles. The Kier molecular flexibility index (Phi) is 6.04. The fourth-order valence-electron chi connectivity index (χ4n) is 4.26. The first-order chi connectivity index (χ1) is 17.1. The highest BCUT2D eigenvalue weighted by molar-refractivity contribution is 7.21. The molecule has 4 aromatic rings. The largest absolute Gasteiger partial charge is 0.365 e. The molecule has 0 aromatic carbocycles. The third-order valence-corrected chi connectivity index (χ3v) is 7.38. The van der Waals surface area contributed by atoms with Crippen molar-refractivity contribution in [1.82, 2.24) is 29.3 Å². The molecule has 1 saturated heterocycles. The van der Waals surface area contributed by atoms with Crippen LogP contribution in [0.15, 0.2) is 30.9 Å². The molecule has 1 fully saturated rings. The Morgan fingerprint density at radius 3 is 2.61 bits per heavy atom. The van der Waals surface area contributed by atoms with Crippen LogP contribution in [0.2, 0.25) is 0 Å². The average molecular weight is 515 g/mol. The second-order valence-electron chi connectivity index (χ2n) is 8.86. The zero-order valence-electron chi connectivity index (χ0n) is 19.7. The number of hydrogen-bond acceptors (Lipinski definition) is 7. The van der Waals surface area contributed by atoms with Crippen LogP contribution in [0.25, 0.3) is 26.5 Å². The van der Waals surface area contributed by atoms with Gasteiger partial charge in [-0.1, -0.05) is 0 Å². The number of aromatic nitrogens is 5. The number of rotatable bonds is 6. The van der Waals surface area contributed by atoms with Crippen molar-refractivity contribution in [1.29, 1.82) is 0 Å². The Hall–Kier alpha value is -3.71. The van der Waals surface area contributed by atoms with E-state index in [1.165, 1.54) is 17.5 Å². The Morgan fingerprint density at radius 2 is 1.94 bits per heavy atom. The summed E-state index contributed by atoms with van der Waals surface area (Å²) in [5.41, 5.74) is 9.23. The number of anilines is 1. The van der Waals surface area contributed by atoms with Crippen molar-refractivity contribution in [2.45, 2.75) is 25.7 Å². The molecule has 0 atom stereocenters. The lowest BCUT2D eigenvalue weighted by Crippen LogP contribution is -2.43. The van der Waals surface area contributed by atoms with Crippen LogP contribution in [0.5, 0.6) is 0 Å². The summed E-state index contributed by atoms with van der Waals surface area (Å²) in [6.45, 7) is 2.19. The highest BCUT2D eigenvalue weighted by Gasteiger charge is 2.34. The van der Waals surface area contributed by atoms with E-state index in [-0.39, 0.29) is 38.4 Å². The molecule has 5 heterocycles. The number of alkyl halides is 2. The number of hydrogen-bond donors (Lipinski definition) is 2. The molecule has 0 unspecified atom stereocenters. The molecule has 10 nitrogen and oxygen atoms in total. The lowest BCUT2D eigenvalue weighted by molar-refractivity contribution is -0.119. The van der Waals surface area contributed by atoms with Gasteiger partial charge in [-0.25, -0.2) is 13.3 Å². The summed E-state index contributed by atoms with van der Waals surface area (Å²) in [6.07, 6.45) is 6.05. The maximum Gasteiger partial charge on any atom is 0.253 e. The van der Waals surface area contributed by atoms with Gasteiger partial charge in [-0.2, -0.15) is 10.2 Å². The normalized spacial score (nSPS) is 15.9. The molecule has 3 N–H and O–H groups in total. The summed E-state index contributed by atoms with van der Waals surface area (Å²) in [4.78, 5) is 32.2. The number of carbonyl (C=O) groups is 2. The number of primary amides is 1. The van der Waals surface area contributed by atoms with Gasteiger partial charge in [-0.05, 0) is 13.0 Å². The molecule has 5 rings (SSSR count). The van der Waals surface area contributed by atoms with E-state index in [4.69, 9.17) is 5.73 Å². The van der Waals surface area contributed by atoms with Crippen molar-refractivity contribution >= 4 is 33.7 Å². The molecular formula is C23H24F2N8O2S. The summed E-state index contributed by atoms with van der Waals surface area (Å²) in [5, 5.41) is 11.5. The summed E-state index contributed by atoms with van der Waals surface area (Å²) < 4.78 is 30.2. The fourth-order valence-corrected chi connectivity index (χ4v) is 5.46. The summed E-state index contributed by atoms with van der Waals surface area (Å²) in [7, 11) is 1.81. The molecule has 0 radical (unpaired) electrons. The van der Waals surface area contributed by atoms with Crippen LogP contribution in [0.4, 0.5) is 14.5 Å². The van der Waals surface area contributed by atoms with Gasteiger partial charge in [0.05, 0.1) is 47.0 Å². The maximum atomic E-state index is 13.4. The standard InChI is InChI=1S/C23H24F2N8O2S/c1-13-16(7-15(9-27-13)30-18(34)12-32-5-3-23(24,25)4-6-32)19-20(14-8-28-31(2)11-14)36-22-17(21(26)35)10-29-33(19)22/h7-11H,3-6,12H2,1-2H3,(H2,26,35)(H,30,34). The number of nitrogens with one attached hydrogen (secondary N) is 1. The van der Waals surface area contributed by atoms with Gasteiger partial charge in [0.2, 0.25) is 5.91 Å². The lowest BCUT2D eigenvalue weighted by atomic mass is 10.1. The van der Waals surface area contributed by atoms with Crippen molar-refractivity contribution in [2.24, 2.45) is 12.8 Å². The molecule has 13 heteroatoms. The number of nitrogens with two attached hydrogens (primary N) is 1. The number of thiazole rings is 1. The van der Waals surface area contributed by atoms with Gasteiger partial charge in [-0.3, -0.25) is 24.2 Å². The van der Waals surface area contributed by atoms with Gasteiger partial charge < -0.3 is 11.1 Å². The summed E-state index contributed by atoms with van der Waals surface area (Å²) >= 11 is 1.36. The molecule has 0 saturated carbocycles. The fraction of sp³-hybridized carbons (Fsp3) is 0.348. The second-order valence-corrected chi connectivity index (χ2v) is 9.86. The predicted octanol–water partition coefficient (Wildman–Crippen LogP) is 2.94. The number of pyridine rings is 1. The average Bonchev–Trinajstić information content (AvgIpc) is 3.51. The zero-order chi connectivity index (χ0) is 25.6. The van der Waals surface area contributed by atoms with Crippen molar-refractivity contribution in [3.05, 3.63) is 42.1 Å². The minimum Gasteiger partial charge on any atom is -0.365 e. The smallest absolute Gasteiger partial charge is 0.253 e. The van der Waals surface area contributed by atoms with Gasteiger partial charge in [0.25, 0.3) is 11.8 Å². The first-order valence-electron chi connectivity index (χ1n) is 11.3. The van der Waals surface area contributed by atoms with Crippen LogP contribution in [0, 0.1) is 6.92 Å². The molecule has 2 amide bonds. The third kappa shape index (κ3) is 4.58. The van der Waals surface area contributed by atoms with Crippen LogP contribution in [-0.2, 0) is 11.8 Å². The molecular weight excluding hydrogens is 490 g/mol. The number of aryl methyl sites for hydroxylation is 2. The van der Waals surface area contributed by atoms with Crippen molar-refractivity contribution in [2.75, 3.05) is 25.0 Å². The Bertz CT molecular complexity index is 1460. The summed E-state index contributed by atoms with van der Waals surface area (Å²) in [5.74, 6) is -3.56. The predicted molar refractivity (Wildman–Crippen MR) is 131 cm³/mol. The van der Waals surface area contributed by atoms with Crippen LogP contribution >= 0.6 is 11.3 Å². The van der Waals surface area contributed by atoms with Crippen LogP contribution in [0.3, 0.4) is 0 Å². The number of nitrogens with zero attached hydrogens (tertiary/aromatic N) is 6. The van der Waals surface area contributed by atoms with Gasteiger partial charge in [0.15, 0.2) is 0 Å². The van der Waals surface area contributed by atoms with Crippen molar-refractivity contribution in [3.8, 4) is 21.7 Å². The van der Waals surface area contributed by atoms with E-state index in [0.29, 0.717) is 33.0 Å². The van der Waals surface area contributed by atoms with E-state index in [2.05, 4.69) is 20.5 Å². The summed E-state index contributed by atoms with van der Waals surface area (Å²) in [6, 6.07) is 1.79. The Balaban J connectivity index is 1.49. The minimum absolute atomic E-state index is 0.0179. The van der Waals surface area contributed by atoms with E-state index in [0.717, 1.165) is 10.4 Å². The number of halogens is 2. The second kappa shape index (κ2) is 9.06. The van der Waals surface area contributed by atoms with Gasteiger partial charge in [-0.15, -0.1) is 11.3 Å². The van der Waals surface area contributed by atoms with E-state index in [1.54, 1.807) is 32.6 Å². The molecule has 1 aliphatic heterocycles. The quantitative estimate of drug-likeness (QED) is 0.408. The first kappa shape index (κ1) is 24.0. The van der Waals surface area contributed by atoms with Gasteiger partial charge in [0, 0.05) is 56.0 Å². The van der Waals surface area contributed by atoms with E-state index in [1.807, 2.05) is 20.2 Å². The van der Waals surface area contributed by atoms with Crippen molar-refractivity contribution in [3.63, 3.8) is 0 Å². The molecule has 1 aliphatic rings.